The Bertz CT molecular complexity index is 697. The average molecular weight is 296 g/mol. The smallest absolute Gasteiger partial charge is 0.255 e. The van der Waals surface area contributed by atoms with Crippen LogP contribution in [0.15, 0.2) is 23.0 Å². The van der Waals surface area contributed by atoms with Crippen molar-refractivity contribution in [3.05, 3.63) is 61.2 Å². The van der Waals surface area contributed by atoms with Crippen LogP contribution in [-0.4, -0.2) is 9.97 Å². The second-order valence-electron chi connectivity index (χ2n) is 4.45. The van der Waals surface area contributed by atoms with Gasteiger partial charge in [-0.2, -0.15) is 0 Å². The lowest BCUT2D eigenvalue weighted by molar-refractivity contribution is 0.755. The molecule has 3 rings (SSSR count). The molecule has 1 aromatic carbocycles. The van der Waals surface area contributed by atoms with E-state index in [9.17, 15) is 4.79 Å². The van der Waals surface area contributed by atoms with Gasteiger partial charge in [-0.3, -0.25) is 4.79 Å². The van der Waals surface area contributed by atoms with E-state index in [0.29, 0.717) is 35.4 Å². The summed E-state index contributed by atoms with van der Waals surface area (Å²) in [5, 5.41) is 4.28. The fourth-order valence-corrected chi connectivity index (χ4v) is 2.63. The standard InChI is InChI=1S/C13H11Cl2N3O/c14-8-2-1-7(10(15)4-8)3-12-17-11-6-16-5-9(11)13(19)18-12/h1-2,4,16H,3,5-6H2,(H,17,18,19). The summed E-state index contributed by atoms with van der Waals surface area (Å²) in [6.07, 6.45) is 0.485. The van der Waals surface area contributed by atoms with E-state index in [1.54, 1.807) is 12.1 Å². The number of H-pyrrole nitrogens is 1. The number of hydrogen-bond acceptors (Lipinski definition) is 3. The molecular formula is C13H11Cl2N3O. The third kappa shape index (κ3) is 2.52. The van der Waals surface area contributed by atoms with Crippen LogP contribution in [0.25, 0.3) is 0 Å². The zero-order valence-electron chi connectivity index (χ0n) is 9.96. The van der Waals surface area contributed by atoms with Gasteiger partial charge in [0.15, 0.2) is 0 Å². The Balaban J connectivity index is 1.96. The van der Waals surface area contributed by atoms with Crippen LogP contribution in [0.3, 0.4) is 0 Å². The van der Waals surface area contributed by atoms with Gasteiger partial charge < -0.3 is 10.3 Å². The summed E-state index contributed by atoms with van der Waals surface area (Å²) < 4.78 is 0. The largest absolute Gasteiger partial charge is 0.310 e. The fraction of sp³-hybridized carbons (Fsp3) is 0.231. The first-order chi connectivity index (χ1) is 9.13. The lowest BCUT2D eigenvalue weighted by atomic mass is 10.1. The Kier molecular flexibility index (Phi) is 3.31. The maximum Gasteiger partial charge on any atom is 0.255 e. The van der Waals surface area contributed by atoms with Gasteiger partial charge in [0.2, 0.25) is 0 Å². The average Bonchev–Trinajstić information content (AvgIpc) is 2.81. The number of fused-ring (bicyclic) bond motifs is 1. The molecule has 4 nitrogen and oxygen atoms in total. The van der Waals surface area contributed by atoms with Crippen molar-refractivity contribution in [3.63, 3.8) is 0 Å². The summed E-state index contributed by atoms with van der Waals surface area (Å²) in [7, 11) is 0. The number of nitrogens with one attached hydrogen (secondary N) is 2. The summed E-state index contributed by atoms with van der Waals surface area (Å²) >= 11 is 12.0. The Morgan fingerprint density at radius 1 is 1.26 bits per heavy atom. The Morgan fingerprint density at radius 2 is 2.11 bits per heavy atom. The third-order valence-electron chi connectivity index (χ3n) is 3.12. The minimum atomic E-state index is -0.0740. The topological polar surface area (TPSA) is 57.8 Å². The van der Waals surface area contributed by atoms with Gasteiger partial charge in [0.25, 0.3) is 5.56 Å². The SMILES string of the molecule is O=c1[nH]c(Cc2ccc(Cl)cc2Cl)nc2c1CNC2. The monoisotopic (exact) mass is 295 g/mol. The summed E-state index contributed by atoms with van der Waals surface area (Å²) in [4.78, 5) is 19.1. The first-order valence-electron chi connectivity index (χ1n) is 5.89. The Morgan fingerprint density at radius 3 is 2.89 bits per heavy atom. The van der Waals surface area contributed by atoms with Gasteiger partial charge in [0, 0.05) is 29.6 Å². The van der Waals surface area contributed by atoms with Crippen molar-refractivity contribution >= 4 is 23.2 Å². The van der Waals surface area contributed by atoms with Crippen LogP contribution < -0.4 is 10.9 Å². The van der Waals surface area contributed by atoms with Crippen molar-refractivity contribution in [2.75, 3.05) is 0 Å². The minimum Gasteiger partial charge on any atom is -0.310 e. The molecule has 6 heteroatoms. The first kappa shape index (κ1) is 12.7. The number of aromatic amines is 1. The summed E-state index contributed by atoms with van der Waals surface area (Å²) in [6.45, 7) is 1.22. The molecule has 0 saturated heterocycles. The predicted molar refractivity (Wildman–Crippen MR) is 74.7 cm³/mol. The molecule has 98 valence electrons. The van der Waals surface area contributed by atoms with E-state index in [4.69, 9.17) is 23.2 Å². The van der Waals surface area contributed by atoms with Gasteiger partial charge in [-0.25, -0.2) is 4.98 Å². The van der Waals surface area contributed by atoms with Crippen molar-refractivity contribution in [3.8, 4) is 0 Å². The molecule has 0 fully saturated rings. The molecule has 1 aromatic heterocycles. The van der Waals surface area contributed by atoms with Crippen LogP contribution >= 0.6 is 23.2 Å². The predicted octanol–water partition coefficient (Wildman–Crippen LogP) is 2.27. The summed E-state index contributed by atoms with van der Waals surface area (Å²) in [5.41, 5.74) is 2.37. The molecule has 2 N–H and O–H groups in total. The normalized spacial score (nSPS) is 13.6. The molecule has 0 saturated carbocycles. The van der Waals surface area contributed by atoms with Gasteiger partial charge >= 0.3 is 0 Å². The Labute approximate surface area is 119 Å². The van der Waals surface area contributed by atoms with E-state index in [1.807, 2.05) is 6.07 Å². The highest BCUT2D eigenvalue weighted by molar-refractivity contribution is 6.35. The zero-order valence-corrected chi connectivity index (χ0v) is 11.5. The van der Waals surface area contributed by atoms with Crippen molar-refractivity contribution < 1.29 is 0 Å². The van der Waals surface area contributed by atoms with E-state index >= 15 is 0 Å². The lowest BCUT2D eigenvalue weighted by Crippen LogP contribution is -2.17. The molecule has 0 amide bonds. The molecule has 1 aliphatic heterocycles. The van der Waals surface area contributed by atoms with Gasteiger partial charge in [-0.05, 0) is 17.7 Å². The molecule has 1 aliphatic rings. The second kappa shape index (κ2) is 4.96. The van der Waals surface area contributed by atoms with Gasteiger partial charge in [0.1, 0.15) is 5.82 Å². The quantitative estimate of drug-likeness (QED) is 0.894. The molecule has 0 atom stereocenters. The van der Waals surface area contributed by atoms with Crippen molar-refractivity contribution in [1.29, 1.82) is 0 Å². The fourth-order valence-electron chi connectivity index (χ4n) is 2.16. The van der Waals surface area contributed by atoms with E-state index < -0.39 is 0 Å². The van der Waals surface area contributed by atoms with Crippen LogP contribution in [0.1, 0.15) is 22.6 Å². The maximum absolute atomic E-state index is 11.9. The Hall–Kier alpha value is -1.36. The summed E-state index contributed by atoms with van der Waals surface area (Å²) in [5.74, 6) is 0.622. The van der Waals surface area contributed by atoms with E-state index in [-0.39, 0.29) is 5.56 Å². The van der Waals surface area contributed by atoms with Crippen molar-refractivity contribution in [1.82, 2.24) is 15.3 Å². The molecule has 19 heavy (non-hydrogen) atoms. The third-order valence-corrected chi connectivity index (χ3v) is 3.70. The number of benzene rings is 1. The van der Waals surface area contributed by atoms with Crippen LogP contribution in [0, 0.1) is 0 Å². The highest BCUT2D eigenvalue weighted by Crippen LogP contribution is 2.22. The molecular weight excluding hydrogens is 285 g/mol. The number of halogens is 2. The molecule has 2 heterocycles. The zero-order chi connectivity index (χ0) is 13.4. The van der Waals surface area contributed by atoms with Crippen molar-refractivity contribution in [2.24, 2.45) is 0 Å². The molecule has 2 aromatic rings. The molecule has 0 unspecified atom stereocenters. The van der Waals surface area contributed by atoms with Gasteiger partial charge in [-0.15, -0.1) is 0 Å². The first-order valence-corrected chi connectivity index (χ1v) is 6.64. The number of rotatable bonds is 2. The lowest BCUT2D eigenvalue weighted by Gasteiger charge is -2.06. The minimum absolute atomic E-state index is 0.0740. The van der Waals surface area contributed by atoms with Crippen LogP contribution in [-0.2, 0) is 19.5 Å². The van der Waals surface area contributed by atoms with E-state index in [2.05, 4.69) is 15.3 Å². The maximum atomic E-state index is 11.9. The van der Waals surface area contributed by atoms with Gasteiger partial charge in [0.05, 0.1) is 11.3 Å². The van der Waals surface area contributed by atoms with E-state index in [1.165, 1.54) is 0 Å². The highest BCUT2D eigenvalue weighted by Gasteiger charge is 2.16. The van der Waals surface area contributed by atoms with Crippen LogP contribution in [0.5, 0.6) is 0 Å². The number of hydrogen-bond donors (Lipinski definition) is 2. The summed E-state index contributed by atoms with van der Waals surface area (Å²) in [6, 6.07) is 5.30. The second-order valence-corrected chi connectivity index (χ2v) is 5.30. The number of nitrogens with zero attached hydrogens (tertiary/aromatic N) is 1. The molecule has 0 bridgehead atoms. The van der Waals surface area contributed by atoms with Gasteiger partial charge in [-0.1, -0.05) is 29.3 Å². The highest BCUT2D eigenvalue weighted by atomic mass is 35.5. The molecule has 0 spiro atoms. The van der Waals surface area contributed by atoms with E-state index in [0.717, 1.165) is 16.8 Å². The molecule has 0 aliphatic carbocycles. The van der Waals surface area contributed by atoms with Crippen LogP contribution in [0.2, 0.25) is 10.0 Å². The number of aromatic nitrogens is 2. The van der Waals surface area contributed by atoms with Crippen LogP contribution in [0.4, 0.5) is 0 Å². The van der Waals surface area contributed by atoms with Crippen molar-refractivity contribution in [2.45, 2.75) is 19.5 Å². The molecule has 0 radical (unpaired) electrons.